The van der Waals surface area contributed by atoms with Crippen molar-refractivity contribution in [3.8, 4) is 0 Å². The smallest absolute Gasteiger partial charge is 0.311 e. The highest BCUT2D eigenvalue weighted by molar-refractivity contribution is 5.75. The highest BCUT2D eigenvalue weighted by Crippen LogP contribution is 2.62. The molecule has 0 aliphatic heterocycles. The first-order valence-electron chi connectivity index (χ1n) is 9.30. The van der Waals surface area contributed by atoms with Crippen LogP contribution in [0.5, 0.6) is 0 Å². The molecule has 0 aromatic carbocycles. The zero-order chi connectivity index (χ0) is 18.6. The van der Waals surface area contributed by atoms with E-state index in [2.05, 4.69) is 20.8 Å². The molecule has 4 nitrogen and oxygen atoms in total. The minimum Gasteiger partial charge on any atom is -0.465 e. The summed E-state index contributed by atoms with van der Waals surface area (Å²) in [5.41, 5.74) is -1.71. The summed E-state index contributed by atoms with van der Waals surface area (Å²) < 4.78 is 5.63. The molecule has 2 N–H and O–H groups in total. The molecule has 0 saturated heterocycles. The van der Waals surface area contributed by atoms with Gasteiger partial charge in [-0.2, -0.15) is 0 Å². The first-order valence-corrected chi connectivity index (χ1v) is 9.30. The number of aliphatic hydroxyl groups excluding tert-OH is 1. The predicted molar refractivity (Wildman–Crippen MR) is 94.4 cm³/mol. The number of ether oxygens (including phenoxy) is 1. The summed E-state index contributed by atoms with van der Waals surface area (Å²) in [5.74, 6) is -0.0201. The van der Waals surface area contributed by atoms with Crippen LogP contribution in [0.25, 0.3) is 0 Å². The lowest BCUT2D eigenvalue weighted by Gasteiger charge is -2.62. The normalized spacial score (nSPS) is 42.3. The van der Waals surface area contributed by atoms with Crippen molar-refractivity contribution >= 4 is 5.97 Å². The van der Waals surface area contributed by atoms with E-state index in [9.17, 15) is 15.0 Å². The Labute approximate surface area is 147 Å². The van der Waals surface area contributed by atoms with Crippen molar-refractivity contribution in [2.75, 3.05) is 6.61 Å². The molecule has 0 amide bonds. The summed E-state index contributed by atoms with van der Waals surface area (Å²) in [5, 5.41) is 21.5. The Hall–Kier alpha value is -0.610. The lowest BCUT2D eigenvalue weighted by atomic mass is 9.45. The van der Waals surface area contributed by atoms with Crippen molar-refractivity contribution in [1.29, 1.82) is 0 Å². The van der Waals surface area contributed by atoms with Crippen LogP contribution in [0.3, 0.4) is 0 Å². The van der Waals surface area contributed by atoms with Crippen LogP contribution in [0.4, 0.5) is 0 Å². The van der Waals surface area contributed by atoms with Gasteiger partial charge in [-0.05, 0) is 70.1 Å². The van der Waals surface area contributed by atoms with Gasteiger partial charge < -0.3 is 14.9 Å². The third-order valence-corrected chi connectivity index (χ3v) is 6.99. The molecule has 0 aromatic rings. The molecular formula is C20H36O4. The summed E-state index contributed by atoms with van der Waals surface area (Å²) in [6, 6.07) is 0. The van der Waals surface area contributed by atoms with Gasteiger partial charge in [0.15, 0.2) is 0 Å². The molecule has 2 rings (SSSR count). The zero-order valence-electron chi connectivity index (χ0n) is 16.5. The van der Waals surface area contributed by atoms with E-state index in [4.69, 9.17) is 4.74 Å². The predicted octanol–water partition coefficient (Wildman–Crippen LogP) is 3.54. The molecule has 2 fully saturated rings. The maximum absolute atomic E-state index is 12.2. The number of carbonyl (C=O) groups excluding carboxylic acids is 1. The van der Waals surface area contributed by atoms with Crippen LogP contribution in [-0.2, 0) is 9.53 Å². The Morgan fingerprint density at radius 3 is 2.25 bits per heavy atom. The van der Waals surface area contributed by atoms with E-state index in [0.717, 1.165) is 19.3 Å². The number of esters is 1. The molecule has 4 heteroatoms. The molecule has 0 bridgehead atoms. The molecule has 2 aliphatic rings. The number of carbonyl (C=O) groups is 1. The maximum Gasteiger partial charge on any atom is 0.311 e. The van der Waals surface area contributed by atoms with Gasteiger partial charge in [0.2, 0.25) is 0 Å². The third-order valence-electron chi connectivity index (χ3n) is 6.99. The summed E-state index contributed by atoms with van der Waals surface area (Å²) in [7, 11) is 0. The quantitative estimate of drug-likeness (QED) is 0.755. The Balaban J connectivity index is 2.28. The molecule has 0 heterocycles. The Morgan fingerprint density at radius 2 is 1.71 bits per heavy atom. The van der Waals surface area contributed by atoms with Gasteiger partial charge in [0.25, 0.3) is 0 Å². The van der Waals surface area contributed by atoms with Gasteiger partial charge in [-0.15, -0.1) is 0 Å². The molecule has 2 aliphatic carbocycles. The van der Waals surface area contributed by atoms with E-state index >= 15 is 0 Å². The SMILES string of the molecule is CC(C)(C)C(=O)OC[C@@H]1[C@@]2(C)CC[C@H](O)C(C)(C)[C@@H]2CC[C@@]1(C)O. The second-order valence-corrected chi connectivity index (χ2v) is 10.2. The van der Waals surface area contributed by atoms with E-state index in [1.165, 1.54) is 0 Å². The van der Waals surface area contributed by atoms with Crippen LogP contribution in [-0.4, -0.2) is 34.5 Å². The second-order valence-electron chi connectivity index (χ2n) is 10.2. The van der Waals surface area contributed by atoms with E-state index in [0.29, 0.717) is 12.3 Å². The minimum absolute atomic E-state index is 0.109. The van der Waals surface area contributed by atoms with Crippen molar-refractivity contribution in [1.82, 2.24) is 0 Å². The third kappa shape index (κ3) is 3.24. The molecule has 0 radical (unpaired) electrons. The maximum atomic E-state index is 12.2. The monoisotopic (exact) mass is 340 g/mol. The van der Waals surface area contributed by atoms with Gasteiger partial charge in [0.1, 0.15) is 0 Å². The number of hydrogen-bond donors (Lipinski definition) is 2. The fraction of sp³-hybridized carbons (Fsp3) is 0.950. The molecular weight excluding hydrogens is 304 g/mol. The van der Waals surface area contributed by atoms with Gasteiger partial charge in [0.05, 0.1) is 23.7 Å². The Kier molecular flexibility index (Phi) is 4.91. The Bertz CT molecular complexity index is 488. The van der Waals surface area contributed by atoms with E-state index < -0.39 is 11.0 Å². The van der Waals surface area contributed by atoms with E-state index in [1.807, 2.05) is 27.7 Å². The zero-order valence-corrected chi connectivity index (χ0v) is 16.5. The summed E-state index contributed by atoms with van der Waals surface area (Å²) in [4.78, 5) is 12.2. The number of hydrogen-bond acceptors (Lipinski definition) is 4. The van der Waals surface area contributed by atoms with Crippen molar-refractivity contribution in [2.24, 2.45) is 28.1 Å². The van der Waals surface area contributed by atoms with Crippen LogP contribution >= 0.6 is 0 Å². The van der Waals surface area contributed by atoms with E-state index in [1.54, 1.807) is 0 Å². The van der Waals surface area contributed by atoms with Gasteiger partial charge in [-0.1, -0.05) is 20.8 Å². The Morgan fingerprint density at radius 1 is 1.12 bits per heavy atom. The van der Waals surface area contributed by atoms with Gasteiger partial charge in [0, 0.05) is 5.92 Å². The van der Waals surface area contributed by atoms with Crippen molar-refractivity contribution in [3.05, 3.63) is 0 Å². The van der Waals surface area contributed by atoms with Crippen LogP contribution in [0.2, 0.25) is 0 Å². The van der Waals surface area contributed by atoms with Crippen LogP contribution < -0.4 is 0 Å². The van der Waals surface area contributed by atoms with Gasteiger partial charge in [-0.25, -0.2) is 0 Å². The van der Waals surface area contributed by atoms with Crippen molar-refractivity contribution < 1.29 is 19.7 Å². The summed E-state index contributed by atoms with van der Waals surface area (Å²) >= 11 is 0. The molecule has 24 heavy (non-hydrogen) atoms. The summed E-state index contributed by atoms with van der Waals surface area (Å²) in [6.07, 6.45) is 2.87. The molecule has 0 spiro atoms. The van der Waals surface area contributed by atoms with Crippen molar-refractivity contribution in [3.63, 3.8) is 0 Å². The number of aliphatic hydroxyl groups is 2. The number of rotatable bonds is 2. The first-order chi connectivity index (χ1) is 10.7. The molecule has 0 unspecified atom stereocenters. The topological polar surface area (TPSA) is 66.8 Å². The highest BCUT2D eigenvalue weighted by Gasteiger charge is 2.60. The fourth-order valence-electron chi connectivity index (χ4n) is 5.26. The minimum atomic E-state index is -0.845. The van der Waals surface area contributed by atoms with E-state index in [-0.39, 0.29) is 35.4 Å². The summed E-state index contributed by atoms with van der Waals surface area (Å²) in [6.45, 7) is 14.2. The van der Waals surface area contributed by atoms with Crippen LogP contribution in [0, 0.1) is 28.1 Å². The molecule has 2 saturated carbocycles. The average Bonchev–Trinajstić information content (AvgIpc) is 2.41. The standard InChI is InChI=1S/C20H36O4/c1-17(2,3)16(22)24-12-14-19(6)10-9-15(21)18(4,5)13(19)8-11-20(14,7)23/h13-15,21,23H,8-12H2,1-7H3/t13-,14+,15-,19-,20+/m0/s1. The average molecular weight is 341 g/mol. The lowest BCUT2D eigenvalue weighted by molar-refractivity contribution is -0.209. The van der Waals surface area contributed by atoms with Gasteiger partial charge in [-0.3, -0.25) is 4.79 Å². The highest BCUT2D eigenvalue weighted by atomic mass is 16.5. The van der Waals surface area contributed by atoms with Gasteiger partial charge >= 0.3 is 5.97 Å². The number of fused-ring (bicyclic) bond motifs is 1. The van der Waals surface area contributed by atoms with Crippen molar-refractivity contribution in [2.45, 2.75) is 85.9 Å². The molecule has 5 atom stereocenters. The lowest BCUT2D eigenvalue weighted by Crippen LogP contribution is -2.61. The first kappa shape index (κ1) is 19.7. The van der Waals surface area contributed by atoms with Crippen LogP contribution in [0.15, 0.2) is 0 Å². The molecule has 0 aromatic heterocycles. The fourth-order valence-corrected chi connectivity index (χ4v) is 5.26. The van der Waals surface area contributed by atoms with Crippen LogP contribution in [0.1, 0.15) is 74.1 Å². The second kappa shape index (κ2) is 5.98. The largest absolute Gasteiger partial charge is 0.465 e. The molecule has 140 valence electrons.